The van der Waals surface area contributed by atoms with E-state index in [1.165, 1.54) is 6.07 Å². The number of halogens is 1. The van der Waals surface area contributed by atoms with Crippen LogP contribution in [0.5, 0.6) is 0 Å². The predicted molar refractivity (Wildman–Crippen MR) is 137 cm³/mol. The lowest BCUT2D eigenvalue weighted by atomic mass is 9.74. The first-order valence-corrected chi connectivity index (χ1v) is 12.3. The van der Waals surface area contributed by atoms with Gasteiger partial charge >= 0.3 is 6.03 Å². The van der Waals surface area contributed by atoms with Gasteiger partial charge in [0.05, 0.1) is 12.3 Å². The monoisotopic (exact) mass is 484 g/mol. The van der Waals surface area contributed by atoms with Crippen molar-refractivity contribution in [3.05, 3.63) is 95.6 Å². The normalized spacial score (nSPS) is 21.7. The van der Waals surface area contributed by atoms with E-state index in [0.29, 0.717) is 13.1 Å². The van der Waals surface area contributed by atoms with Crippen LogP contribution in [0.15, 0.2) is 73.1 Å². The number of carbonyl (C=O) groups is 1. The standard InChI is InChI=1S/C29H29FN4O2/c30-24-7-1-2-8-25(24)32-29(36)33-16-3-4-17-34-26(19-33)28(27(34)20-35)23-13-11-21(12-14-23)9-10-22-6-5-15-31-18-22/h1-2,5-8,11-15,18,26-28,35H,3-4,16-17,19-20H2,(H,32,36)/t26-,27-,28-/m0/s1. The molecule has 2 amide bonds. The number of nitrogens with zero attached hydrogens (tertiary/aromatic N) is 3. The highest BCUT2D eigenvalue weighted by Gasteiger charge is 2.49. The van der Waals surface area contributed by atoms with E-state index < -0.39 is 5.82 Å². The molecule has 2 aliphatic heterocycles. The van der Waals surface area contributed by atoms with Crippen LogP contribution in [0.1, 0.15) is 35.4 Å². The summed E-state index contributed by atoms with van der Waals surface area (Å²) < 4.78 is 14.1. The Morgan fingerprint density at radius 2 is 1.81 bits per heavy atom. The summed E-state index contributed by atoms with van der Waals surface area (Å²) in [6.45, 7) is 2.09. The van der Waals surface area contributed by atoms with Gasteiger partial charge in [-0.3, -0.25) is 9.88 Å². The van der Waals surface area contributed by atoms with Gasteiger partial charge in [-0.1, -0.05) is 36.1 Å². The average Bonchev–Trinajstić information content (AvgIpc) is 2.89. The highest BCUT2D eigenvalue weighted by atomic mass is 19.1. The Morgan fingerprint density at radius 3 is 2.56 bits per heavy atom. The molecule has 3 heterocycles. The van der Waals surface area contributed by atoms with Crippen molar-refractivity contribution < 1.29 is 14.3 Å². The Balaban J connectivity index is 1.32. The van der Waals surface area contributed by atoms with Gasteiger partial charge in [0.15, 0.2) is 0 Å². The molecule has 36 heavy (non-hydrogen) atoms. The molecule has 0 spiro atoms. The van der Waals surface area contributed by atoms with Crippen molar-refractivity contribution in [3.8, 4) is 11.8 Å². The Kier molecular flexibility index (Phi) is 7.26. The minimum Gasteiger partial charge on any atom is -0.395 e. The van der Waals surface area contributed by atoms with Crippen LogP contribution in [0.25, 0.3) is 0 Å². The first-order valence-electron chi connectivity index (χ1n) is 12.3. The fourth-order valence-electron chi connectivity index (χ4n) is 5.25. The maximum atomic E-state index is 14.1. The number of carbonyl (C=O) groups excluding carboxylic acids is 1. The fraction of sp³-hybridized carbons (Fsp3) is 0.310. The third-order valence-corrected chi connectivity index (χ3v) is 7.08. The van der Waals surface area contributed by atoms with Gasteiger partial charge in [-0.2, -0.15) is 0 Å². The van der Waals surface area contributed by atoms with Crippen LogP contribution in [0, 0.1) is 17.7 Å². The maximum absolute atomic E-state index is 14.1. The van der Waals surface area contributed by atoms with E-state index in [0.717, 1.165) is 36.1 Å². The Bertz CT molecular complexity index is 1260. The Labute approximate surface area is 210 Å². The molecule has 0 bridgehead atoms. The van der Waals surface area contributed by atoms with Crippen LogP contribution in [0.3, 0.4) is 0 Å². The van der Waals surface area contributed by atoms with Gasteiger partial charge in [-0.05, 0) is 61.3 Å². The topological polar surface area (TPSA) is 68.7 Å². The van der Waals surface area contributed by atoms with E-state index in [2.05, 4.69) is 39.2 Å². The number of nitrogens with one attached hydrogen (secondary N) is 1. The minimum atomic E-state index is -0.451. The van der Waals surface area contributed by atoms with Crippen molar-refractivity contribution in [2.45, 2.75) is 30.8 Å². The van der Waals surface area contributed by atoms with Crippen molar-refractivity contribution in [3.63, 3.8) is 0 Å². The number of aliphatic hydroxyl groups is 1. The summed E-state index contributed by atoms with van der Waals surface area (Å²) in [6.07, 6.45) is 5.26. The second-order valence-electron chi connectivity index (χ2n) is 9.26. The summed E-state index contributed by atoms with van der Waals surface area (Å²) in [6, 6.07) is 17.9. The summed E-state index contributed by atoms with van der Waals surface area (Å²) in [5.41, 5.74) is 3.07. The number of aromatic nitrogens is 1. The molecule has 2 fully saturated rings. The zero-order valence-electron chi connectivity index (χ0n) is 20.0. The number of amides is 2. The van der Waals surface area contributed by atoms with E-state index in [1.807, 2.05) is 24.3 Å². The summed E-state index contributed by atoms with van der Waals surface area (Å²) in [4.78, 5) is 21.2. The number of hydrogen-bond donors (Lipinski definition) is 2. The summed E-state index contributed by atoms with van der Waals surface area (Å²) >= 11 is 0. The third kappa shape index (κ3) is 5.11. The molecule has 0 radical (unpaired) electrons. The zero-order chi connectivity index (χ0) is 24.9. The predicted octanol–water partition coefficient (Wildman–Crippen LogP) is 4.08. The summed E-state index contributed by atoms with van der Waals surface area (Å²) in [5, 5.41) is 12.9. The van der Waals surface area contributed by atoms with Crippen LogP contribution >= 0.6 is 0 Å². The van der Waals surface area contributed by atoms with Crippen molar-refractivity contribution in [2.24, 2.45) is 0 Å². The number of urea groups is 1. The molecule has 0 aliphatic carbocycles. The first kappa shape index (κ1) is 24.0. The molecule has 2 aliphatic rings. The van der Waals surface area contributed by atoms with Crippen LogP contribution < -0.4 is 5.32 Å². The molecule has 184 valence electrons. The van der Waals surface area contributed by atoms with Crippen LogP contribution in [-0.2, 0) is 0 Å². The molecule has 1 aromatic heterocycles. The van der Waals surface area contributed by atoms with E-state index in [1.54, 1.807) is 35.5 Å². The van der Waals surface area contributed by atoms with Crippen LogP contribution in [0.4, 0.5) is 14.9 Å². The largest absolute Gasteiger partial charge is 0.395 e. The molecule has 3 aromatic rings. The quantitative estimate of drug-likeness (QED) is 0.550. The number of para-hydroxylation sites is 1. The molecule has 2 N–H and O–H groups in total. The van der Waals surface area contributed by atoms with E-state index in [4.69, 9.17) is 0 Å². The van der Waals surface area contributed by atoms with Gasteiger partial charge in [0.25, 0.3) is 0 Å². The SMILES string of the molecule is O=C(Nc1ccccc1F)N1CCCCN2[C@@H](CO)[C@@H](c3ccc(C#Cc4cccnc4)cc3)[C@@H]2C1. The Hall–Kier alpha value is -3.73. The van der Waals surface area contributed by atoms with Gasteiger partial charge in [0.2, 0.25) is 0 Å². The van der Waals surface area contributed by atoms with Crippen molar-refractivity contribution in [1.29, 1.82) is 0 Å². The van der Waals surface area contributed by atoms with Gasteiger partial charge in [0, 0.05) is 54.6 Å². The number of anilines is 1. The molecule has 7 heteroatoms. The van der Waals surface area contributed by atoms with E-state index in [-0.39, 0.29) is 36.3 Å². The molecule has 0 saturated carbocycles. The number of fused-ring (bicyclic) bond motifs is 1. The lowest BCUT2D eigenvalue weighted by molar-refractivity contribution is -0.0585. The molecule has 6 nitrogen and oxygen atoms in total. The van der Waals surface area contributed by atoms with Crippen LogP contribution in [0.2, 0.25) is 0 Å². The molecule has 2 saturated heterocycles. The summed E-state index contributed by atoms with van der Waals surface area (Å²) in [5.74, 6) is 5.94. The van der Waals surface area contributed by atoms with Gasteiger partial charge in [-0.15, -0.1) is 0 Å². The maximum Gasteiger partial charge on any atom is 0.321 e. The number of aliphatic hydroxyl groups excluding tert-OH is 1. The number of rotatable bonds is 3. The van der Waals surface area contributed by atoms with Crippen molar-refractivity contribution >= 4 is 11.7 Å². The van der Waals surface area contributed by atoms with Gasteiger partial charge in [-0.25, -0.2) is 9.18 Å². The Morgan fingerprint density at radius 1 is 1.03 bits per heavy atom. The van der Waals surface area contributed by atoms with Crippen LogP contribution in [-0.4, -0.2) is 64.2 Å². The molecule has 0 unspecified atom stereocenters. The average molecular weight is 485 g/mol. The van der Waals surface area contributed by atoms with E-state index in [9.17, 15) is 14.3 Å². The number of pyridine rings is 1. The second-order valence-corrected chi connectivity index (χ2v) is 9.26. The minimum absolute atomic E-state index is 0.0110. The van der Waals surface area contributed by atoms with Gasteiger partial charge in [0.1, 0.15) is 5.82 Å². The molecule has 5 rings (SSSR count). The second kappa shape index (κ2) is 10.9. The first-order chi connectivity index (χ1) is 17.6. The van der Waals surface area contributed by atoms with Crippen molar-refractivity contribution in [1.82, 2.24) is 14.8 Å². The summed E-state index contributed by atoms with van der Waals surface area (Å²) in [7, 11) is 0. The fourth-order valence-corrected chi connectivity index (χ4v) is 5.25. The lowest BCUT2D eigenvalue weighted by Gasteiger charge is -2.57. The lowest BCUT2D eigenvalue weighted by Crippen LogP contribution is -2.68. The molecule has 3 atom stereocenters. The number of benzene rings is 2. The zero-order valence-corrected chi connectivity index (χ0v) is 20.0. The van der Waals surface area contributed by atoms with Crippen molar-refractivity contribution in [2.75, 3.05) is 31.6 Å². The highest BCUT2D eigenvalue weighted by Crippen LogP contribution is 2.42. The smallest absolute Gasteiger partial charge is 0.321 e. The third-order valence-electron chi connectivity index (χ3n) is 7.08. The number of hydrogen-bond acceptors (Lipinski definition) is 4. The molecule has 2 aromatic carbocycles. The van der Waals surface area contributed by atoms with Gasteiger partial charge < -0.3 is 15.3 Å². The highest BCUT2D eigenvalue weighted by molar-refractivity contribution is 5.89. The molecular formula is C29H29FN4O2. The molecular weight excluding hydrogens is 455 g/mol. The van der Waals surface area contributed by atoms with E-state index >= 15 is 0 Å².